The zero-order chi connectivity index (χ0) is 18.4. The molecule has 2 aromatic carbocycles. The fourth-order valence-corrected chi connectivity index (χ4v) is 2.41. The second-order valence-corrected chi connectivity index (χ2v) is 5.69. The van der Waals surface area contributed by atoms with Crippen molar-refractivity contribution in [1.29, 1.82) is 0 Å². The zero-order valence-electron chi connectivity index (χ0n) is 13.6. The molecule has 0 fully saturated rings. The van der Waals surface area contributed by atoms with Gasteiger partial charge in [0, 0.05) is 16.9 Å². The number of carbonyl (C=O) groups is 2. The molecule has 1 aromatic heterocycles. The molecule has 0 saturated carbocycles. The van der Waals surface area contributed by atoms with E-state index in [4.69, 9.17) is 16.6 Å². The summed E-state index contributed by atoms with van der Waals surface area (Å²) in [6, 6.07) is 18.9. The van der Waals surface area contributed by atoms with Crippen LogP contribution in [0.4, 0.5) is 11.4 Å². The summed E-state index contributed by atoms with van der Waals surface area (Å²) in [5, 5.41) is 8.40. The first-order valence-electron chi connectivity index (χ1n) is 7.74. The zero-order valence-corrected chi connectivity index (χ0v) is 14.4. The van der Waals surface area contributed by atoms with Crippen LogP contribution >= 0.6 is 12.2 Å². The highest BCUT2D eigenvalue weighted by Gasteiger charge is 2.10. The average Bonchev–Trinajstić information content (AvgIpc) is 3.17. The van der Waals surface area contributed by atoms with Crippen molar-refractivity contribution >= 4 is 40.5 Å². The number of benzene rings is 2. The maximum Gasteiger partial charge on any atom is 0.291 e. The van der Waals surface area contributed by atoms with Gasteiger partial charge >= 0.3 is 0 Å². The summed E-state index contributed by atoms with van der Waals surface area (Å²) >= 11 is 5.16. The normalized spacial score (nSPS) is 10.0. The molecule has 0 aliphatic heterocycles. The van der Waals surface area contributed by atoms with Crippen molar-refractivity contribution in [2.24, 2.45) is 0 Å². The quantitative estimate of drug-likeness (QED) is 0.615. The van der Waals surface area contributed by atoms with E-state index in [9.17, 15) is 9.59 Å². The molecular formula is C19H15N3O3S. The number of rotatable bonds is 4. The van der Waals surface area contributed by atoms with Gasteiger partial charge in [0.1, 0.15) is 0 Å². The van der Waals surface area contributed by atoms with Gasteiger partial charge in [-0.3, -0.25) is 14.9 Å². The lowest BCUT2D eigenvalue weighted by Crippen LogP contribution is -2.34. The lowest BCUT2D eigenvalue weighted by Gasteiger charge is -2.11. The lowest BCUT2D eigenvalue weighted by molar-refractivity contribution is 0.0975. The molecule has 0 unspecified atom stereocenters. The average molecular weight is 365 g/mol. The minimum Gasteiger partial charge on any atom is -0.459 e. The van der Waals surface area contributed by atoms with Gasteiger partial charge in [0.15, 0.2) is 10.9 Å². The van der Waals surface area contributed by atoms with Gasteiger partial charge in [0.05, 0.1) is 6.26 Å². The molecule has 26 heavy (non-hydrogen) atoms. The summed E-state index contributed by atoms with van der Waals surface area (Å²) in [5.41, 5.74) is 1.70. The minimum absolute atomic E-state index is 0.161. The summed E-state index contributed by atoms with van der Waals surface area (Å²) in [4.78, 5) is 24.1. The van der Waals surface area contributed by atoms with Crippen LogP contribution in [0, 0.1) is 0 Å². The number of thiocarbonyl (C=S) groups is 1. The molecule has 3 rings (SSSR count). The van der Waals surface area contributed by atoms with Crippen LogP contribution in [0.25, 0.3) is 0 Å². The van der Waals surface area contributed by atoms with Crippen molar-refractivity contribution in [3.8, 4) is 0 Å². The number of hydrogen-bond acceptors (Lipinski definition) is 4. The summed E-state index contributed by atoms with van der Waals surface area (Å²) in [6.07, 6.45) is 1.43. The van der Waals surface area contributed by atoms with Gasteiger partial charge in [-0.2, -0.15) is 0 Å². The van der Waals surface area contributed by atoms with Crippen LogP contribution in [0.2, 0.25) is 0 Å². The van der Waals surface area contributed by atoms with E-state index in [1.54, 1.807) is 60.7 Å². The minimum atomic E-state index is -0.355. The summed E-state index contributed by atoms with van der Waals surface area (Å²) in [5.74, 6) is -0.438. The molecule has 0 aliphatic carbocycles. The lowest BCUT2D eigenvalue weighted by atomic mass is 10.2. The Balaban J connectivity index is 1.60. The third-order valence-corrected chi connectivity index (χ3v) is 3.59. The van der Waals surface area contributed by atoms with Crippen LogP contribution < -0.4 is 16.0 Å². The number of nitrogens with one attached hydrogen (secondary N) is 3. The van der Waals surface area contributed by atoms with Crippen molar-refractivity contribution in [2.75, 3.05) is 10.6 Å². The molecule has 0 aliphatic rings. The van der Waals surface area contributed by atoms with Crippen molar-refractivity contribution in [3.63, 3.8) is 0 Å². The van der Waals surface area contributed by atoms with Crippen LogP contribution in [0.1, 0.15) is 20.9 Å². The predicted molar refractivity (Wildman–Crippen MR) is 103 cm³/mol. The van der Waals surface area contributed by atoms with Gasteiger partial charge in [0.2, 0.25) is 0 Å². The van der Waals surface area contributed by atoms with Gasteiger partial charge in [0.25, 0.3) is 11.8 Å². The van der Waals surface area contributed by atoms with E-state index in [1.165, 1.54) is 6.26 Å². The maximum absolute atomic E-state index is 12.1. The van der Waals surface area contributed by atoms with E-state index in [0.29, 0.717) is 16.9 Å². The molecule has 2 amide bonds. The van der Waals surface area contributed by atoms with Gasteiger partial charge in [-0.15, -0.1) is 0 Å². The summed E-state index contributed by atoms with van der Waals surface area (Å²) in [6.45, 7) is 0. The Bertz CT molecular complexity index is 924. The van der Waals surface area contributed by atoms with Crippen molar-refractivity contribution in [3.05, 3.63) is 84.3 Å². The Labute approximate surface area is 155 Å². The molecule has 3 N–H and O–H groups in total. The van der Waals surface area contributed by atoms with Crippen molar-refractivity contribution in [2.45, 2.75) is 0 Å². The van der Waals surface area contributed by atoms with Gasteiger partial charge in [-0.05, 0) is 54.7 Å². The fraction of sp³-hybridized carbons (Fsp3) is 0. The Hall–Kier alpha value is -3.45. The summed E-state index contributed by atoms with van der Waals surface area (Å²) in [7, 11) is 0. The SMILES string of the molecule is O=C(NC(=S)Nc1cccc(NC(=O)c2ccco2)c1)c1ccccc1. The largest absolute Gasteiger partial charge is 0.459 e. The topological polar surface area (TPSA) is 83.4 Å². The number of hydrogen-bond donors (Lipinski definition) is 3. The van der Waals surface area contributed by atoms with Crippen LogP contribution in [-0.2, 0) is 0 Å². The summed E-state index contributed by atoms with van der Waals surface area (Å²) < 4.78 is 5.05. The molecule has 0 bridgehead atoms. The predicted octanol–water partition coefficient (Wildman–Crippen LogP) is 3.66. The molecule has 6 nitrogen and oxygen atoms in total. The first-order valence-corrected chi connectivity index (χ1v) is 8.15. The van der Waals surface area contributed by atoms with Gasteiger partial charge < -0.3 is 15.1 Å². The molecule has 0 atom stereocenters. The van der Waals surface area contributed by atoms with E-state index >= 15 is 0 Å². The van der Waals surface area contributed by atoms with Crippen LogP contribution in [0.15, 0.2) is 77.4 Å². The first kappa shape index (κ1) is 17.4. The van der Waals surface area contributed by atoms with Crippen molar-refractivity contribution in [1.82, 2.24) is 5.32 Å². The standard InChI is InChI=1S/C19H15N3O3S/c23-17(13-6-2-1-3-7-13)22-19(26)21-15-9-4-8-14(12-15)20-18(24)16-10-5-11-25-16/h1-12H,(H,20,24)(H2,21,22,23,26). The van der Waals surface area contributed by atoms with E-state index in [1.807, 2.05) is 6.07 Å². The van der Waals surface area contributed by atoms with Crippen LogP contribution in [0.3, 0.4) is 0 Å². The van der Waals surface area contributed by atoms with E-state index < -0.39 is 0 Å². The number of carbonyl (C=O) groups excluding carboxylic acids is 2. The number of anilines is 2. The Morgan fingerprint density at radius 3 is 2.23 bits per heavy atom. The van der Waals surface area contributed by atoms with E-state index in [2.05, 4.69) is 16.0 Å². The molecule has 130 valence electrons. The van der Waals surface area contributed by atoms with E-state index in [0.717, 1.165) is 0 Å². The molecule has 1 heterocycles. The second kappa shape index (κ2) is 8.09. The van der Waals surface area contributed by atoms with Gasteiger partial charge in [-0.25, -0.2) is 0 Å². The molecule has 0 spiro atoms. The highest BCUT2D eigenvalue weighted by Crippen LogP contribution is 2.16. The first-order chi connectivity index (χ1) is 12.6. The highest BCUT2D eigenvalue weighted by atomic mass is 32.1. The van der Waals surface area contributed by atoms with Gasteiger partial charge in [-0.1, -0.05) is 24.3 Å². The Morgan fingerprint density at radius 1 is 0.808 bits per heavy atom. The molecule has 0 saturated heterocycles. The Morgan fingerprint density at radius 2 is 1.54 bits per heavy atom. The Kier molecular flexibility index (Phi) is 5.40. The monoisotopic (exact) mass is 365 g/mol. The third kappa shape index (κ3) is 4.55. The molecular weight excluding hydrogens is 350 g/mol. The number of furan rings is 1. The highest BCUT2D eigenvalue weighted by molar-refractivity contribution is 7.80. The third-order valence-electron chi connectivity index (χ3n) is 3.39. The maximum atomic E-state index is 12.1. The molecule has 7 heteroatoms. The smallest absolute Gasteiger partial charge is 0.291 e. The van der Waals surface area contributed by atoms with Crippen LogP contribution in [0.5, 0.6) is 0 Å². The number of amides is 2. The van der Waals surface area contributed by atoms with Crippen LogP contribution in [-0.4, -0.2) is 16.9 Å². The fourth-order valence-electron chi connectivity index (χ4n) is 2.20. The van der Waals surface area contributed by atoms with Crippen molar-refractivity contribution < 1.29 is 14.0 Å². The second-order valence-electron chi connectivity index (χ2n) is 5.29. The van der Waals surface area contributed by atoms with E-state index in [-0.39, 0.29) is 22.7 Å². The molecule has 0 radical (unpaired) electrons. The molecule has 3 aromatic rings.